The molecule has 1 unspecified atom stereocenters. The van der Waals surface area contributed by atoms with Crippen LogP contribution in [0.4, 0.5) is 4.39 Å². The fraction of sp³-hybridized carbons (Fsp3) is 0.600. The molecular weight excluding hydrogens is 227 g/mol. The Balaban J connectivity index is 1.54. The number of hydrogen-bond acceptors (Lipinski definition) is 2. The predicted octanol–water partition coefficient (Wildman–Crippen LogP) is 2.54. The molecule has 0 amide bonds. The number of halogens is 1. The van der Waals surface area contributed by atoms with E-state index in [0.717, 1.165) is 19.1 Å². The fourth-order valence-electron chi connectivity index (χ4n) is 2.75. The smallest absolute Gasteiger partial charge is 0.123 e. The second kappa shape index (κ2) is 5.37. The minimum absolute atomic E-state index is 0.146. The molecule has 1 N–H and O–H groups in total. The first-order valence-electron chi connectivity index (χ1n) is 7.03. The topological polar surface area (TPSA) is 15.3 Å². The Labute approximate surface area is 108 Å². The Morgan fingerprint density at radius 2 is 1.94 bits per heavy atom. The SMILES string of the molecule is Fc1ccc(CN2CCCC2CNC2CC2)cc1. The molecule has 2 nitrogen and oxygen atoms in total. The highest BCUT2D eigenvalue weighted by Gasteiger charge is 2.27. The van der Waals surface area contributed by atoms with Crippen LogP contribution in [0, 0.1) is 5.82 Å². The molecule has 0 bridgehead atoms. The molecule has 1 aliphatic carbocycles. The summed E-state index contributed by atoms with van der Waals surface area (Å²) in [5.74, 6) is -0.146. The Kier molecular flexibility index (Phi) is 3.62. The van der Waals surface area contributed by atoms with E-state index in [1.54, 1.807) is 12.1 Å². The van der Waals surface area contributed by atoms with Crippen LogP contribution in [0.3, 0.4) is 0 Å². The summed E-state index contributed by atoms with van der Waals surface area (Å²) >= 11 is 0. The average molecular weight is 248 g/mol. The highest BCUT2D eigenvalue weighted by molar-refractivity contribution is 5.16. The van der Waals surface area contributed by atoms with Gasteiger partial charge in [-0.15, -0.1) is 0 Å². The minimum atomic E-state index is -0.146. The van der Waals surface area contributed by atoms with Gasteiger partial charge in [-0.05, 0) is 49.9 Å². The van der Waals surface area contributed by atoms with E-state index in [-0.39, 0.29) is 5.82 Å². The average Bonchev–Trinajstić information content (AvgIpc) is 3.11. The van der Waals surface area contributed by atoms with Crippen LogP contribution in [0.15, 0.2) is 24.3 Å². The molecule has 0 radical (unpaired) electrons. The van der Waals surface area contributed by atoms with E-state index in [9.17, 15) is 4.39 Å². The van der Waals surface area contributed by atoms with Gasteiger partial charge >= 0.3 is 0 Å². The summed E-state index contributed by atoms with van der Waals surface area (Å²) in [6, 6.07) is 8.37. The van der Waals surface area contributed by atoms with Crippen molar-refractivity contribution in [1.82, 2.24) is 10.2 Å². The van der Waals surface area contributed by atoms with Gasteiger partial charge in [0.1, 0.15) is 5.82 Å². The summed E-state index contributed by atoms with van der Waals surface area (Å²) in [5, 5.41) is 3.62. The van der Waals surface area contributed by atoms with Crippen LogP contribution >= 0.6 is 0 Å². The number of hydrogen-bond donors (Lipinski definition) is 1. The summed E-state index contributed by atoms with van der Waals surface area (Å²) in [4.78, 5) is 2.53. The van der Waals surface area contributed by atoms with E-state index in [0.29, 0.717) is 6.04 Å². The van der Waals surface area contributed by atoms with Crippen molar-refractivity contribution in [3.05, 3.63) is 35.6 Å². The van der Waals surface area contributed by atoms with Crippen LogP contribution in [0.25, 0.3) is 0 Å². The molecule has 1 saturated heterocycles. The van der Waals surface area contributed by atoms with Gasteiger partial charge in [0.05, 0.1) is 0 Å². The zero-order chi connectivity index (χ0) is 12.4. The summed E-state index contributed by atoms with van der Waals surface area (Å²) in [6.45, 7) is 3.25. The summed E-state index contributed by atoms with van der Waals surface area (Å²) in [7, 11) is 0. The largest absolute Gasteiger partial charge is 0.312 e. The van der Waals surface area contributed by atoms with Gasteiger partial charge in [-0.2, -0.15) is 0 Å². The van der Waals surface area contributed by atoms with Gasteiger partial charge in [0.2, 0.25) is 0 Å². The summed E-state index contributed by atoms with van der Waals surface area (Å²) in [6.07, 6.45) is 5.29. The first-order chi connectivity index (χ1) is 8.81. The number of benzene rings is 1. The molecule has 2 fully saturated rings. The Morgan fingerprint density at radius 3 is 2.67 bits per heavy atom. The maximum absolute atomic E-state index is 12.9. The lowest BCUT2D eigenvalue weighted by Crippen LogP contribution is -2.38. The van der Waals surface area contributed by atoms with Crippen molar-refractivity contribution in [2.45, 2.75) is 44.3 Å². The number of nitrogens with one attached hydrogen (secondary N) is 1. The molecule has 1 atom stereocenters. The predicted molar refractivity (Wildman–Crippen MR) is 70.9 cm³/mol. The highest BCUT2D eigenvalue weighted by atomic mass is 19.1. The molecular formula is C15H21FN2. The quantitative estimate of drug-likeness (QED) is 0.861. The first kappa shape index (κ1) is 12.1. The van der Waals surface area contributed by atoms with Gasteiger partial charge in [-0.3, -0.25) is 4.90 Å². The van der Waals surface area contributed by atoms with Crippen LogP contribution in [0.1, 0.15) is 31.2 Å². The lowest BCUT2D eigenvalue weighted by molar-refractivity contribution is 0.239. The van der Waals surface area contributed by atoms with Crippen LogP contribution in [0.5, 0.6) is 0 Å². The maximum atomic E-state index is 12.9. The highest BCUT2D eigenvalue weighted by Crippen LogP contribution is 2.22. The zero-order valence-corrected chi connectivity index (χ0v) is 10.7. The maximum Gasteiger partial charge on any atom is 0.123 e. The fourth-order valence-corrected chi connectivity index (χ4v) is 2.75. The van der Waals surface area contributed by atoms with Gasteiger partial charge in [0.25, 0.3) is 0 Å². The second-order valence-corrected chi connectivity index (χ2v) is 5.58. The molecule has 1 aliphatic heterocycles. The van der Waals surface area contributed by atoms with Crippen molar-refractivity contribution >= 4 is 0 Å². The van der Waals surface area contributed by atoms with E-state index in [2.05, 4.69) is 10.2 Å². The third-order valence-corrected chi connectivity index (χ3v) is 4.02. The van der Waals surface area contributed by atoms with Crippen molar-refractivity contribution in [2.75, 3.05) is 13.1 Å². The standard InChI is InChI=1S/C15H21FN2/c16-13-5-3-12(4-6-13)11-18-9-1-2-15(18)10-17-14-7-8-14/h3-6,14-15,17H,1-2,7-11H2. The Morgan fingerprint density at radius 1 is 1.17 bits per heavy atom. The van der Waals surface area contributed by atoms with Crippen molar-refractivity contribution in [1.29, 1.82) is 0 Å². The summed E-state index contributed by atoms with van der Waals surface area (Å²) < 4.78 is 12.9. The Hall–Kier alpha value is -0.930. The van der Waals surface area contributed by atoms with E-state index in [1.165, 1.54) is 37.8 Å². The van der Waals surface area contributed by atoms with E-state index in [4.69, 9.17) is 0 Å². The molecule has 1 aromatic rings. The third-order valence-electron chi connectivity index (χ3n) is 4.02. The van der Waals surface area contributed by atoms with Gasteiger partial charge in [-0.1, -0.05) is 12.1 Å². The molecule has 2 aliphatic rings. The number of likely N-dealkylation sites (tertiary alicyclic amines) is 1. The van der Waals surface area contributed by atoms with Gasteiger partial charge < -0.3 is 5.32 Å². The molecule has 0 aromatic heterocycles. The van der Waals surface area contributed by atoms with Gasteiger partial charge in [-0.25, -0.2) is 4.39 Å². The molecule has 98 valence electrons. The summed E-state index contributed by atoms with van der Waals surface area (Å²) in [5.41, 5.74) is 1.22. The lowest BCUT2D eigenvalue weighted by Gasteiger charge is -2.24. The van der Waals surface area contributed by atoms with Crippen LogP contribution in [-0.4, -0.2) is 30.1 Å². The van der Waals surface area contributed by atoms with Gasteiger partial charge in [0, 0.05) is 25.2 Å². The monoisotopic (exact) mass is 248 g/mol. The van der Waals surface area contributed by atoms with Crippen molar-refractivity contribution < 1.29 is 4.39 Å². The zero-order valence-electron chi connectivity index (χ0n) is 10.7. The molecule has 3 heteroatoms. The van der Waals surface area contributed by atoms with Crippen LogP contribution in [-0.2, 0) is 6.54 Å². The normalized spacial score (nSPS) is 24.6. The van der Waals surface area contributed by atoms with Crippen LogP contribution < -0.4 is 5.32 Å². The molecule has 0 spiro atoms. The van der Waals surface area contributed by atoms with Crippen molar-refractivity contribution in [2.24, 2.45) is 0 Å². The number of nitrogens with zero attached hydrogens (tertiary/aromatic N) is 1. The van der Waals surface area contributed by atoms with Crippen molar-refractivity contribution in [3.8, 4) is 0 Å². The lowest BCUT2D eigenvalue weighted by atomic mass is 10.2. The minimum Gasteiger partial charge on any atom is -0.312 e. The van der Waals surface area contributed by atoms with E-state index >= 15 is 0 Å². The number of rotatable bonds is 5. The molecule has 1 heterocycles. The first-order valence-corrected chi connectivity index (χ1v) is 7.03. The van der Waals surface area contributed by atoms with E-state index in [1.807, 2.05) is 12.1 Å². The third kappa shape index (κ3) is 3.09. The van der Waals surface area contributed by atoms with Crippen LogP contribution in [0.2, 0.25) is 0 Å². The Bertz CT molecular complexity index is 386. The van der Waals surface area contributed by atoms with E-state index < -0.39 is 0 Å². The second-order valence-electron chi connectivity index (χ2n) is 5.58. The van der Waals surface area contributed by atoms with Gasteiger partial charge in [0.15, 0.2) is 0 Å². The molecule has 1 aromatic carbocycles. The molecule has 18 heavy (non-hydrogen) atoms. The molecule has 3 rings (SSSR count). The molecule has 1 saturated carbocycles. The van der Waals surface area contributed by atoms with Crippen molar-refractivity contribution in [3.63, 3.8) is 0 Å².